The van der Waals surface area contributed by atoms with E-state index in [-0.39, 0.29) is 5.54 Å². The molecule has 1 aliphatic carbocycles. The molecule has 2 N–H and O–H groups in total. The van der Waals surface area contributed by atoms with Crippen molar-refractivity contribution < 1.29 is 0 Å². The standard InChI is InChI=1S/C15H25N3/c1-18(12-6-14-4-10-17-11-5-14)13-9-15(16)7-2-3-8-15/h4-5,10-11H,2-3,6-9,12-13,16H2,1H3. The van der Waals surface area contributed by atoms with E-state index in [1.54, 1.807) is 0 Å². The maximum Gasteiger partial charge on any atom is 0.0270 e. The summed E-state index contributed by atoms with van der Waals surface area (Å²) in [4.78, 5) is 6.44. The first-order chi connectivity index (χ1) is 8.68. The van der Waals surface area contributed by atoms with Crippen LogP contribution < -0.4 is 5.73 Å². The fourth-order valence-corrected chi connectivity index (χ4v) is 2.72. The summed E-state index contributed by atoms with van der Waals surface area (Å²) < 4.78 is 0. The average Bonchev–Trinajstić information content (AvgIpc) is 2.83. The van der Waals surface area contributed by atoms with Crippen LogP contribution in [-0.4, -0.2) is 35.6 Å². The van der Waals surface area contributed by atoms with Gasteiger partial charge in [-0.15, -0.1) is 0 Å². The van der Waals surface area contributed by atoms with Crippen LogP contribution in [0.1, 0.15) is 37.7 Å². The van der Waals surface area contributed by atoms with Crippen molar-refractivity contribution in [3.8, 4) is 0 Å². The summed E-state index contributed by atoms with van der Waals surface area (Å²) in [7, 11) is 2.19. The Balaban J connectivity index is 1.67. The van der Waals surface area contributed by atoms with Gasteiger partial charge in [-0.25, -0.2) is 0 Å². The lowest BCUT2D eigenvalue weighted by atomic mass is 9.94. The van der Waals surface area contributed by atoms with Crippen LogP contribution in [0.2, 0.25) is 0 Å². The lowest BCUT2D eigenvalue weighted by Crippen LogP contribution is -2.40. The van der Waals surface area contributed by atoms with Crippen molar-refractivity contribution in [3.63, 3.8) is 0 Å². The molecule has 1 fully saturated rings. The molecule has 18 heavy (non-hydrogen) atoms. The second-order valence-electron chi connectivity index (χ2n) is 5.73. The van der Waals surface area contributed by atoms with E-state index in [2.05, 4.69) is 29.1 Å². The second kappa shape index (κ2) is 6.30. The van der Waals surface area contributed by atoms with Crippen LogP contribution in [0.25, 0.3) is 0 Å². The molecule has 2 rings (SSSR count). The molecule has 0 amide bonds. The van der Waals surface area contributed by atoms with Crippen LogP contribution in [0.5, 0.6) is 0 Å². The van der Waals surface area contributed by atoms with E-state index in [1.807, 2.05) is 12.4 Å². The molecule has 0 aliphatic heterocycles. The van der Waals surface area contributed by atoms with Crippen LogP contribution in [0.15, 0.2) is 24.5 Å². The number of hydrogen-bond acceptors (Lipinski definition) is 3. The Hall–Kier alpha value is -0.930. The summed E-state index contributed by atoms with van der Waals surface area (Å²) in [5.74, 6) is 0. The van der Waals surface area contributed by atoms with Crippen LogP contribution in [0.4, 0.5) is 0 Å². The van der Waals surface area contributed by atoms with Crippen LogP contribution >= 0.6 is 0 Å². The molecule has 1 aromatic heterocycles. The molecule has 0 saturated heterocycles. The van der Waals surface area contributed by atoms with Crippen molar-refractivity contribution in [2.24, 2.45) is 5.73 Å². The molecule has 0 aromatic carbocycles. The molecule has 100 valence electrons. The molecule has 0 bridgehead atoms. The third-order valence-corrected chi connectivity index (χ3v) is 4.12. The number of rotatable bonds is 6. The molecule has 3 heteroatoms. The van der Waals surface area contributed by atoms with E-state index in [0.717, 1.165) is 25.9 Å². The Kier molecular flexibility index (Phi) is 4.72. The van der Waals surface area contributed by atoms with E-state index in [9.17, 15) is 0 Å². The monoisotopic (exact) mass is 247 g/mol. The van der Waals surface area contributed by atoms with Crippen molar-refractivity contribution in [1.29, 1.82) is 0 Å². The van der Waals surface area contributed by atoms with E-state index in [0.29, 0.717) is 0 Å². The fourth-order valence-electron chi connectivity index (χ4n) is 2.72. The van der Waals surface area contributed by atoms with Gasteiger partial charge in [-0.1, -0.05) is 12.8 Å². The van der Waals surface area contributed by atoms with E-state index >= 15 is 0 Å². The molecule has 0 spiro atoms. The van der Waals surface area contributed by atoms with Gasteiger partial charge in [-0.3, -0.25) is 4.98 Å². The minimum absolute atomic E-state index is 0.130. The fraction of sp³-hybridized carbons (Fsp3) is 0.667. The van der Waals surface area contributed by atoms with Crippen molar-refractivity contribution >= 4 is 0 Å². The van der Waals surface area contributed by atoms with Crippen molar-refractivity contribution in [2.75, 3.05) is 20.1 Å². The first kappa shape index (κ1) is 13.5. The molecule has 3 nitrogen and oxygen atoms in total. The maximum absolute atomic E-state index is 6.38. The highest BCUT2D eigenvalue weighted by Crippen LogP contribution is 2.29. The van der Waals surface area contributed by atoms with Gasteiger partial charge >= 0.3 is 0 Å². The summed E-state index contributed by atoms with van der Waals surface area (Å²) in [6.07, 6.45) is 11.0. The first-order valence-electron chi connectivity index (χ1n) is 7.04. The lowest BCUT2D eigenvalue weighted by molar-refractivity contribution is 0.282. The summed E-state index contributed by atoms with van der Waals surface area (Å²) in [5, 5.41) is 0. The Morgan fingerprint density at radius 2 is 1.89 bits per heavy atom. The number of nitrogens with two attached hydrogens (primary N) is 1. The van der Waals surface area contributed by atoms with Gasteiger partial charge in [0.25, 0.3) is 0 Å². The number of hydrogen-bond donors (Lipinski definition) is 1. The molecular formula is C15H25N3. The highest BCUT2D eigenvalue weighted by atomic mass is 15.1. The maximum atomic E-state index is 6.38. The van der Waals surface area contributed by atoms with Gasteiger partial charge in [0, 0.05) is 24.5 Å². The second-order valence-corrected chi connectivity index (χ2v) is 5.73. The average molecular weight is 247 g/mol. The van der Waals surface area contributed by atoms with Crippen molar-refractivity contribution in [1.82, 2.24) is 9.88 Å². The Bertz CT molecular complexity index is 344. The zero-order valence-electron chi connectivity index (χ0n) is 11.4. The van der Waals surface area contributed by atoms with Gasteiger partial charge in [0.05, 0.1) is 0 Å². The quantitative estimate of drug-likeness (QED) is 0.838. The highest BCUT2D eigenvalue weighted by Gasteiger charge is 2.28. The Morgan fingerprint density at radius 3 is 2.56 bits per heavy atom. The van der Waals surface area contributed by atoms with Crippen LogP contribution in [0, 0.1) is 0 Å². The largest absolute Gasteiger partial charge is 0.325 e. The summed E-state index contributed by atoms with van der Waals surface area (Å²) in [5.41, 5.74) is 7.87. The number of likely N-dealkylation sites (N-methyl/N-ethyl adjacent to an activating group) is 1. The summed E-state index contributed by atoms with van der Waals surface area (Å²) >= 11 is 0. The lowest BCUT2D eigenvalue weighted by Gasteiger charge is -2.26. The normalized spacial score (nSPS) is 18.4. The molecule has 1 saturated carbocycles. The van der Waals surface area contributed by atoms with Gasteiger partial charge in [-0.05, 0) is 57.0 Å². The third-order valence-electron chi connectivity index (χ3n) is 4.12. The van der Waals surface area contributed by atoms with Crippen molar-refractivity contribution in [3.05, 3.63) is 30.1 Å². The minimum Gasteiger partial charge on any atom is -0.325 e. The molecule has 0 radical (unpaired) electrons. The molecule has 0 unspecified atom stereocenters. The van der Waals surface area contributed by atoms with E-state index in [1.165, 1.54) is 31.2 Å². The highest BCUT2D eigenvalue weighted by molar-refractivity contribution is 5.09. The van der Waals surface area contributed by atoms with Crippen LogP contribution in [0.3, 0.4) is 0 Å². The number of nitrogens with zero attached hydrogens (tertiary/aromatic N) is 2. The predicted octanol–water partition coefficient (Wildman–Crippen LogP) is 2.22. The minimum atomic E-state index is 0.130. The van der Waals surface area contributed by atoms with Gasteiger partial charge in [0.15, 0.2) is 0 Å². The van der Waals surface area contributed by atoms with Gasteiger partial charge in [0.1, 0.15) is 0 Å². The third kappa shape index (κ3) is 4.07. The molecule has 1 aromatic rings. The number of aromatic nitrogens is 1. The topological polar surface area (TPSA) is 42.2 Å². The molecule has 0 atom stereocenters. The van der Waals surface area contributed by atoms with Gasteiger partial charge in [0.2, 0.25) is 0 Å². The predicted molar refractivity (Wildman–Crippen MR) is 75.4 cm³/mol. The number of pyridine rings is 1. The van der Waals surface area contributed by atoms with E-state index in [4.69, 9.17) is 5.73 Å². The first-order valence-corrected chi connectivity index (χ1v) is 7.04. The summed E-state index contributed by atoms with van der Waals surface area (Å²) in [6.45, 7) is 2.21. The van der Waals surface area contributed by atoms with Crippen molar-refractivity contribution in [2.45, 2.75) is 44.1 Å². The zero-order valence-corrected chi connectivity index (χ0v) is 11.4. The zero-order chi connectivity index (χ0) is 12.8. The van der Waals surface area contributed by atoms with Gasteiger partial charge in [-0.2, -0.15) is 0 Å². The molecule has 1 heterocycles. The molecular weight excluding hydrogens is 222 g/mol. The van der Waals surface area contributed by atoms with E-state index < -0.39 is 0 Å². The Labute approximate surface area is 110 Å². The van der Waals surface area contributed by atoms with Crippen LogP contribution in [-0.2, 0) is 6.42 Å². The smallest absolute Gasteiger partial charge is 0.0270 e. The summed E-state index contributed by atoms with van der Waals surface area (Å²) in [6, 6.07) is 4.18. The Morgan fingerprint density at radius 1 is 1.22 bits per heavy atom. The molecule has 1 aliphatic rings. The SMILES string of the molecule is CN(CCc1ccncc1)CCC1(N)CCCC1. The van der Waals surface area contributed by atoms with Gasteiger partial charge < -0.3 is 10.6 Å².